The summed E-state index contributed by atoms with van der Waals surface area (Å²) in [6, 6.07) is 14.0. The van der Waals surface area contributed by atoms with Gasteiger partial charge in [0.25, 0.3) is 11.5 Å². The van der Waals surface area contributed by atoms with Crippen molar-refractivity contribution in [1.29, 1.82) is 0 Å². The number of anilines is 1. The highest BCUT2D eigenvalue weighted by Crippen LogP contribution is 2.33. The molecule has 0 aliphatic carbocycles. The molecule has 0 aliphatic rings. The molecular formula is C25H25ClN2O7. The number of nitrogens with zero attached hydrogens (tertiary/aromatic N) is 2. The van der Waals surface area contributed by atoms with E-state index in [0.29, 0.717) is 23.1 Å². The van der Waals surface area contributed by atoms with Gasteiger partial charge in [-0.15, -0.1) is 0 Å². The number of methoxy groups -OCH3 is 2. The number of aryl methyl sites for hydroxylation is 1. The summed E-state index contributed by atoms with van der Waals surface area (Å²) in [4.78, 5) is 47.8. The van der Waals surface area contributed by atoms with Crippen molar-refractivity contribution in [2.75, 3.05) is 25.7 Å². The Morgan fingerprint density at radius 2 is 1.57 bits per heavy atom. The zero-order valence-electron chi connectivity index (χ0n) is 19.6. The molecule has 0 saturated carbocycles. The van der Waals surface area contributed by atoms with E-state index in [9.17, 15) is 24.3 Å². The minimum absolute atomic E-state index is 0.280. The lowest BCUT2D eigenvalue weighted by atomic mass is 10.1. The molecule has 1 amide bonds. The number of halogens is 1. The Hall–Kier alpha value is -4.11. The van der Waals surface area contributed by atoms with Crippen LogP contribution in [0.4, 0.5) is 5.69 Å². The number of carbonyl (C=O) groups is 3. The number of hydrogen-bond donors (Lipinski definition) is 1. The Morgan fingerprint density at radius 3 is 2.09 bits per heavy atom. The van der Waals surface area contributed by atoms with Crippen LogP contribution in [0.5, 0.6) is 5.75 Å². The highest BCUT2D eigenvalue weighted by atomic mass is 35.5. The van der Waals surface area contributed by atoms with E-state index < -0.39 is 23.4 Å². The first-order chi connectivity index (χ1) is 16.7. The van der Waals surface area contributed by atoms with Crippen molar-refractivity contribution in [3.8, 4) is 5.75 Å². The molecule has 3 aromatic rings. The lowest BCUT2D eigenvalue weighted by Gasteiger charge is -2.22. The zero-order valence-corrected chi connectivity index (χ0v) is 20.4. The van der Waals surface area contributed by atoms with Gasteiger partial charge in [0.2, 0.25) is 0 Å². The van der Waals surface area contributed by atoms with E-state index in [2.05, 4.69) is 9.47 Å². The number of aromatic nitrogens is 1. The summed E-state index contributed by atoms with van der Waals surface area (Å²) in [5.74, 6) is -2.10. The van der Waals surface area contributed by atoms with Crippen LogP contribution in [0.25, 0.3) is 10.9 Å². The number of esters is 2. The molecule has 3 rings (SSSR count). The molecule has 0 unspecified atom stereocenters. The van der Waals surface area contributed by atoms with Gasteiger partial charge >= 0.3 is 11.9 Å². The molecule has 0 fully saturated rings. The van der Waals surface area contributed by atoms with Gasteiger partial charge in [-0.05, 0) is 31.2 Å². The number of fused-ring (bicyclic) bond motifs is 1. The van der Waals surface area contributed by atoms with Crippen molar-refractivity contribution in [1.82, 2.24) is 4.57 Å². The van der Waals surface area contributed by atoms with Crippen molar-refractivity contribution in [2.45, 2.75) is 6.92 Å². The minimum Gasteiger partial charge on any atom is -0.506 e. The fourth-order valence-corrected chi connectivity index (χ4v) is 3.44. The van der Waals surface area contributed by atoms with Gasteiger partial charge in [0.05, 0.1) is 30.1 Å². The number of rotatable bonds is 5. The maximum atomic E-state index is 13.0. The summed E-state index contributed by atoms with van der Waals surface area (Å²) in [6.45, 7) is 2.16. The minimum atomic E-state index is -0.578. The number of pyridine rings is 1. The van der Waals surface area contributed by atoms with Crippen molar-refractivity contribution in [3.05, 3.63) is 81.6 Å². The molecule has 9 nitrogen and oxygen atoms in total. The van der Waals surface area contributed by atoms with Gasteiger partial charge in [-0.25, -0.2) is 9.59 Å². The van der Waals surface area contributed by atoms with Gasteiger partial charge < -0.3 is 24.0 Å². The molecule has 35 heavy (non-hydrogen) atoms. The molecule has 2 aromatic carbocycles. The quantitative estimate of drug-likeness (QED) is 0.421. The largest absolute Gasteiger partial charge is 0.506 e. The van der Waals surface area contributed by atoms with Gasteiger partial charge in [0.15, 0.2) is 0 Å². The number of para-hydroxylation sites is 1. The molecule has 0 aliphatic heterocycles. The van der Waals surface area contributed by atoms with Gasteiger partial charge in [0.1, 0.15) is 11.3 Å². The van der Waals surface area contributed by atoms with Crippen LogP contribution < -0.4 is 10.5 Å². The summed E-state index contributed by atoms with van der Waals surface area (Å²) in [7, 11) is 4.00. The fourth-order valence-electron chi connectivity index (χ4n) is 3.18. The number of carbonyl (C=O) groups excluding carboxylic acids is 3. The topological polar surface area (TPSA) is 115 Å². The van der Waals surface area contributed by atoms with Gasteiger partial charge in [-0.1, -0.05) is 35.9 Å². The van der Waals surface area contributed by atoms with Crippen LogP contribution >= 0.6 is 11.6 Å². The second kappa shape index (κ2) is 12.4. The van der Waals surface area contributed by atoms with Gasteiger partial charge in [-0.2, -0.15) is 0 Å². The molecule has 0 radical (unpaired) electrons. The third-order valence-corrected chi connectivity index (χ3v) is 5.26. The number of amides is 1. The average molecular weight is 501 g/mol. The summed E-state index contributed by atoms with van der Waals surface area (Å²) >= 11 is 6.19. The normalized spacial score (nSPS) is 10.4. The molecule has 1 N–H and O–H groups in total. The van der Waals surface area contributed by atoms with E-state index in [4.69, 9.17) is 11.6 Å². The smallest absolute Gasteiger partial charge is 0.330 e. The standard InChI is InChI=1S/C19H17ClN2O3.C6H8O4/c1-3-22(12-8-5-4-6-9-12)19(25)16-17(23)15-13(20)10-7-11-14(15)21(2)18(16)24;1-9-5(7)3-4-6(8)10-2/h4-11,23H,3H2,1-2H3;3-4H,1-2H3/b;4-3+. The van der Waals surface area contributed by atoms with Crippen molar-refractivity contribution in [2.24, 2.45) is 7.05 Å². The molecule has 0 spiro atoms. The third-order valence-electron chi connectivity index (χ3n) is 4.95. The Kier molecular flexibility index (Phi) is 9.60. The Balaban J connectivity index is 0.000000367. The molecule has 1 heterocycles. The average Bonchev–Trinajstić information content (AvgIpc) is 2.87. The maximum Gasteiger partial charge on any atom is 0.330 e. The first-order valence-corrected chi connectivity index (χ1v) is 10.8. The third kappa shape index (κ3) is 6.27. The maximum absolute atomic E-state index is 13.0. The van der Waals surface area contributed by atoms with Crippen LogP contribution in [0.3, 0.4) is 0 Å². The molecular weight excluding hydrogens is 476 g/mol. The van der Waals surface area contributed by atoms with Crippen LogP contribution in [0, 0.1) is 0 Å². The SMILES string of the molecule is CCN(C(=O)c1c(O)c2c(Cl)cccc2n(C)c1=O)c1ccccc1.COC(=O)/C=C/C(=O)OC. The second-order valence-corrected chi connectivity index (χ2v) is 7.39. The van der Waals surface area contributed by atoms with E-state index in [1.54, 1.807) is 56.4 Å². The van der Waals surface area contributed by atoms with Crippen LogP contribution in [0.15, 0.2) is 65.5 Å². The Labute approximate surface area is 206 Å². The fraction of sp³-hybridized carbons (Fsp3) is 0.200. The first kappa shape index (κ1) is 27.1. The van der Waals surface area contributed by atoms with Crippen molar-refractivity contribution < 1.29 is 29.0 Å². The van der Waals surface area contributed by atoms with Crippen LogP contribution in [0.1, 0.15) is 17.3 Å². The summed E-state index contributed by atoms with van der Waals surface area (Å²) in [6.07, 6.45) is 1.98. The number of ether oxygens (including phenoxy) is 2. The van der Waals surface area contributed by atoms with E-state index >= 15 is 0 Å². The van der Waals surface area contributed by atoms with Gasteiger partial charge in [-0.3, -0.25) is 9.59 Å². The number of benzene rings is 2. The zero-order chi connectivity index (χ0) is 26.1. The summed E-state index contributed by atoms with van der Waals surface area (Å²) in [5.41, 5.74) is 0.269. The van der Waals surface area contributed by atoms with Crippen LogP contribution in [-0.2, 0) is 26.1 Å². The highest BCUT2D eigenvalue weighted by Gasteiger charge is 2.26. The molecule has 0 saturated heterocycles. The lowest BCUT2D eigenvalue weighted by molar-refractivity contribution is -0.137. The van der Waals surface area contributed by atoms with Crippen LogP contribution in [0.2, 0.25) is 5.02 Å². The monoisotopic (exact) mass is 500 g/mol. The van der Waals surface area contributed by atoms with E-state index in [1.807, 2.05) is 6.07 Å². The first-order valence-electron chi connectivity index (χ1n) is 10.4. The predicted octanol–water partition coefficient (Wildman–Crippen LogP) is 3.45. The number of hydrogen-bond acceptors (Lipinski definition) is 7. The van der Waals surface area contributed by atoms with E-state index in [-0.39, 0.29) is 16.3 Å². The predicted molar refractivity (Wildman–Crippen MR) is 133 cm³/mol. The van der Waals surface area contributed by atoms with Crippen LogP contribution in [-0.4, -0.2) is 48.3 Å². The number of aromatic hydroxyl groups is 1. The lowest BCUT2D eigenvalue weighted by Crippen LogP contribution is -2.36. The van der Waals surface area contributed by atoms with Gasteiger partial charge in [0, 0.05) is 31.4 Å². The van der Waals surface area contributed by atoms with Crippen molar-refractivity contribution >= 4 is 46.0 Å². The van der Waals surface area contributed by atoms with E-state index in [0.717, 1.165) is 12.2 Å². The molecule has 0 atom stereocenters. The molecule has 184 valence electrons. The molecule has 10 heteroatoms. The highest BCUT2D eigenvalue weighted by molar-refractivity contribution is 6.36. The molecule has 0 bridgehead atoms. The van der Waals surface area contributed by atoms with E-state index in [1.165, 1.54) is 23.7 Å². The summed E-state index contributed by atoms with van der Waals surface area (Å²) in [5, 5.41) is 11.2. The summed E-state index contributed by atoms with van der Waals surface area (Å²) < 4.78 is 9.75. The molecule has 1 aromatic heterocycles. The Bertz CT molecular complexity index is 1300. The van der Waals surface area contributed by atoms with Crippen molar-refractivity contribution in [3.63, 3.8) is 0 Å². The Morgan fingerprint density at radius 1 is 1.00 bits per heavy atom. The second-order valence-electron chi connectivity index (χ2n) is 6.99.